The van der Waals surface area contributed by atoms with Gasteiger partial charge in [0.15, 0.2) is 0 Å². The van der Waals surface area contributed by atoms with Crippen LogP contribution in [0, 0.1) is 17.1 Å². The molecule has 1 aromatic rings. The minimum Gasteiger partial charge on any atom is -0.460 e. The van der Waals surface area contributed by atoms with Crippen LogP contribution in [0.1, 0.15) is 45.1 Å². The van der Waals surface area contributed by atoms with Gasteiger partial charge in [0.05, 0.1) is 12.0 Å². The standard InChI is InChI=1S/C16H18F3NO3/c1-16(2,3)23-13(21)8-7-10(9-20)14-11(17)5-4-6-12(14)22-15(18)19/h4-6,10,15H,7-8H2,1-3H3. The number of nitriles is 1. The normalized spacial score (nSPS) is 12.6. The highest BCUT2D eigenvalue weighted by atomic mass is 19.3. The number of halogens is 3. The third-order valence-electron chi connectivity index (χ3n) is 2.79. The monoisotopic (exact) mass is 329 g/mol. The lowest BCUT2D eigenvalue weighted by Crippen LogP contribution is -2.24. The Morgan fingerprint density at radius 3 is 2.52 bits per heavy atom. The van der Waals surface area contributed by atoms with E-state index in [1.165, 1.54) is 6.07 Å². The molecule has 1 aromatic carbocycles. The summed E-state index contributed by atoms with van der Waals surface area (Å²) in [5.74, 6) is -2.89. The lowest BCUT2D eigenvalue weighted by molar-refractivity contribution is -0.154. The zero-order valence-electron chi connectivity index (χ0n) is 13.1. The van der Waals surface area contributed by atoms with Crippen molar-refractivity contribution < 1.29 is 27.4 Å². The van der Waals surface area contributed by atoms with Gasteiger partial charge in [-0.3, -0.25) is 4.79 Å². The van der Waals surface area contributed by atoms with Crippen LogP contribution in [0.5, 0.6) is 5.75 Å². The second-order valence-corrected chi connectivity index (χ2v) is 5.84. The molecule has 0 N–H and O–H groups in total. The zero-order valence-corrected chi connectivity index (χ0v) is 13.1. The number of carbonyl (C=O) groups excluding carboxylic acids is 1. The highest BCUT2D eigenvalue weighted by molar-refractivity contribution is 5.70. The fourth-order valence-electron chi connectivity index (χ4n) is 1.98. The van der Waals surface area contributed by atoms with Crippen LogP contribution in [0.4, 0.5) is 13.2 Å². The summed E-state index contributed by atoms with van der Waals surface area (Å²) >= 11 is 0. The van der Waals surface area contributed by atoms with Crippen molar-refractivity contribution in [2.75, 3.05) is 0 Å². The summed E-state index contributed by atoms with van der Waals surface area (Å²) in [6.07, 6.45) is -0.204. The number of hydrogen-bond acceptors (Lipinski definition) is 4. The van der Waals surface area contributed by atoms with Crippen molar-refractivity contribution in [1.29, 1.82) is 5.26 Å². The number of ether oxygens (including phenoxy) is 2. The SMILES string of the molecule is CC(C)(C)OC(=O)CCC(C#N)c1c(F)cccc1OC(F)F. The van der Waals surface area contributed by atoms with Gasteiger partial charge in [0, 0.05) is 12.0 Å². The van der Waals surface area contributed by atoms with Gasteiger partial charge in [0.1, 0.15) is 17.2 Å². The number of hydrogen-bond donors (Lipinski definition) is 0. The van der Waals surface area contributed by atoms with E-state index in [1.807, 2.05) is 6.07 Å². The molecule has 0 aliphatic carbocycles. The first-order valence-corrected chi connectivity index (χ1v) is 6.98. The van der Waals surface area contributed by atoms with Crippen molar-refractivity contribution in [3.8, 4) is 11.8 Å². The summed E-state index contributed by atoms with van der Waals surface area (Å²) in [4.78, 5) is 11.7. The Bertz CT molecular complexity index is 591. The van der Waals surface area contributed by atoms with E-state index in [1.54, 1.807) is 20.8 Å². The lowest BCUT2D eigenvalue weighted by Gasteiger charge is -2.20. The maximum Gasteiger partial charge on any atom is 0.387 e. The minimum atomic E-state index is -3.14. The lowest BCUT2D eigenvalue weighted by atomic mass is 9.94. The highest BCUT2D eigenvalue weighted by Crippen LogP contribution is 2.33. The maximum absolute atomic E-state index is 13.9. The van der Waals surface area contributed by atoms with Crippen LogP contribution in [0.2, 0.25) is 0 Å². The molecular weight excluding hydrogens is 311 g/mol. The van der Waals surface area contributed by atoms with Crippen LogP contribution < -0.4 is 4.74 Å². The molecule has 0 saturated carbocycles. The smallest absolute Gasteiger partial charge is 0.387 e. The summed E-state index contributed by atoms with van der Waals surface area (Å²) < 4.78 is 48.1. The Labute approximate surface area is 132 Å². The van der Waals surface area contributed by atoms with E-state index in [-0.39, 0.29) is 18.4 Å². The van der Waals surface area contributed by atoms with E-state index in [4.69, 9.17) is 4.74 Å². The van der Waals surface area contributed by atoms with Crippen LogP contribution in [-0.2, 0) is 9.53 Å². The number of carbonyl (C=O) groups is 1. The van der Waals surface area contributed by atoms with E-state index in [9.17, 15) is 23.2 Å². The molecule has 0 saturated heterocycles. The van der Waals surface area contributed by atoms with Gasteiger partial charge in [-0.25, -0.2) is 4.39 Å². The van der Waals surface area contributed by atoms with E-state index < -0.39 is 35.7 Å². The van der Waals surface area contributed by atoms with Gasteiger partial charge >= 0.3 is 12.6 Å². The van der Waals surface area contributed by atoms with Gasteiger partial charge in [-0.2, -0.15) is 14.0 Å². The highest BCUT2D eigenvalue weighted by Gasteiger charge is 2.24. The molecule has 0 aliphatic heterocycles. The Balaban J connectivity index is 2.90. The molecule has 0 aliphatic rings. The second kappa shape index (κ2) is 7.86. The van der Waals surface area contributed by atoms with Gasteiger partial charge < -0.3 is 9.47 Å². The van der Waals surface area contributed by atoms with Crippen molar-refractivity contribution in [2.24, 2.45) is 0 Å². The molecule has 126 valence electrons. The van der Waals surface area contributed by atoms with Crippen LogP contribution in [0.15, 0.2) is 18.2 Å². The summed E-state index contributed by atoms with van der Waals surface area (Å²) in [6, 6.07) is 5.23. The number of rotatable bonds is 6. The van der Waals surface area contributed by atoms with E-state index in [0.29, 0.717) is 0 Å². The molecule has 0 spiro atoms. The average molecular weight is 329 g/mol. The fourth-order valence-corrected chi connectivity index (χ4v) is 1.98. The minimum absolute atomic E-state index is 0.0635. The first-order valence-electron chi connectivity index (χ1n) is 6.98. The van der Waals surface area contributed by atoms with Crippen molar-refractivity contribution in [3.63, 3.8) is 0 Å². The van der Waals surface area contributed by atoms with Gasteiger partial charge in [0.25, 0.3) is 0 Å². The largest absolute Gasteiger partial charge is 0.460 e. The zero-order chi connectivity index (χ0) is 17.6. The summed E-state index contributed by atoms with van der Waals surface area (Å²) in [6.45, 7) is 1.94. The molecule has 1 unspecified atom stereocenters. The predicted octanol–water partition coefficient (Wildman–Crippen LogP) is 4.16. The molecule has 1 rings (SSSR count). The molecule has 0 fully saturated rings. The van der Waals surface area contributed by atoms with Gasteiger partial charge in [-0.05, 0) is 39.3 Å². The average Bonchev–Trinajstić information content (AvgIpc) is 2.39. The molecule has 7 heteroatoms. The van der Waals surface area contributed by atoms with Crippen LogP contribution in [0.25, 0.3) is 0 Å². The molecular formula is C16H18F3NO3. The maximum atomic E-state index is 13.9. The van der Waals surface area contributed by atoms with Crippen molar-refractivity contribution in [1.82, 2.24) is 0 Å². The Morgan fingerprint density at radius 2 is 2.00 bits per heavy atom. The number of nitrogens with zero attached hydrogens (tertiary/aromatic N) is 1. The van der Waals surface area contributed by atoms with Gasteiger partial charge in [-0.15, -0.1) is 0 Å². The first kappa shape index (κ1) is 18.8. The van der Waals surface area contributed by atoms with Gasteiger partial charge in [-0.1, -0.05) is 6.07 Å². The Hall–Kier alpha value is -2.23. The van der Waals surface area contributed by atoms with E-state index in [2.05, 4.69) is 4.74 Å². The third-order valence-corrected chi connectivity index (χ3v) is 2.79. The van der Waals surface area contributed by atoms with Crippen LogP contribution in [0.3, 0.4) is 0 Å². The van der Waals surface area contributed by atoms with Crippen molar-refractivity contribution in [2.45, 2.75) is 51.7 Å². The summed E-state index contributed by atoms with van der Waals surface area (Å²) in [5, 5.41) is 9.20. The number of esters is 1. The second-order valence-electron chi connectivity index (χ2n) is 5.84. The Kier molecular flexibility index (Phi) is 6.43. The molecule has 0 heterocycles. The molecule has 0 radical (unpaired) electrons. The summed E-state index contributed by atoms with van der Waals surface area (Å²) in [5.41, 5.74) is -0.958. The van der Waals surface area contributed by atoms with Crippen molar-refractivity contribution >= 4 is 5.97 Å². The molecule has 0 amide bonds. The number of benzene rings is 1. The molecule has 0 aromatic heterocycles. The predicted molar refractivity (Wildman–Crippen MR) is 76.5 cm³/mol. The van der Waals surface area contributed by atoms with Crippen molar-refractivity contribution in [3.05, 3.63) is 29.6 Å². The van der Waals surface area contributed by atoms with Gasteiger partial charge in [0.2, 0.25) is 0 Å². The third kappa shape index (κ3) is 6.19. The molecule has 1 atom stereocenters. The molecule has 4 nitrogen and oxygen atoms in total. The molecule has 23 heavy (non-hydrogen) atoms. The Morgan fingerprint density at radius 1 is 1.35 bits per heavy atom. The quantitative estimate of drug-likeness (QED) is 0.735. The van der Waals surface area contributed by atoms with E-state index in [0.717, 1.165) is 12.1 Å². The fraction of sp³-hybridized carbons (Fsp3) is 0.500. The summed E-state index contributed by atoms with van der Waals surface area (Å²) in [7, 11) is 0. The topological polar surface area (TPSA) is 59.3 Å². The van der Waals surface area contributed by atoms with Crippen LogP contribution in [-0.4, -0.2) is 18.2 Å². The van der Waals surface area contributed by atoms with Crippen LogP contribution >= 0.6 is 0 Å². The van der Waals surface area contributed by atoms with E-state index >= 15 is 0 Å². The number of alkyl halides is 2. The molecule has 0 bridgehead atoms. The first-order chi connectivity index (χ1) is 10.6.